The van der Waals surface area contributed by atoms with E-state index in [0.29, 0.717) is 117 Å². The molecule has 4 aliphatic heterocycles. The van der Waals surface area contributed by atoms with Crippen molar-refractivity contribution in [2.45, 2.75) is 19.9 Å². The zero-order valence-electron chi connectivity index (χ0n) is 56.6. The molecule has 3 fully saturated rings. The number of carbonyl (C=O) groups excluding carboxylic acids is 3. The van der Waals surface area contributed by atoms with Crippen LogP contribution in [0.25, 0.3) is 30.9 Å². The summed E-state index contributed by atoms with van der Waals surface area (Å²) < 4.78 is 60.3. The van der Waals surface area contributed by atoms with Crippen LogP contribution in [0.4, 0.5) is 15.8 Å². The SMILES string of the molecule is C=CCOc1ccc(C=C2SC(=S)N(c3cccc(F)c3)C2=O)cc1.C=CCOc1ccc(C=C2SC(=S)N(c3ccccc3OCC)C2=O)cc1.C=c1[nH]c(=O)c(=Cc2ccccc2OCCOc2ccccc2)s1.COc1ccc(C=C2SC(=S)N(Cc3ccc4c(c3)OCC4)C2=O)c(OC)c1. The number of hydrogen-bond donors (Lipinski definition) is 1. The van der Waals surface area contributed by atoms with Crippen LogP contribution in [-0.2, 0) is 27.3 Å². The lowest BCUT2D eigenvalue weighted by Crippen LogP contribution is -2.28. The van der Waals surface area contributed by atoms with E-state index in [9.17, 15) is 23.6 Å². The fourth-order valence-corrected chi connectivity index (χ4v) is 14.8. The van der Waals surface area contributed by atoms with Gasteiger partial charge in [-0.1, -0.05) is 195 Å². The van der Waals surface area contributed by atoms with Gasteiger partial charge in [-0.25, -0.2) is 4.39 Å². The van der Waals surface area contributed by atoms with Crippen molar-refractivity contribution in [3.05, 3.63) is 287 Å². The summed E-state index contributed by atoms with van der Waals surface area (Å²) in [6, 6.07) is 56.9. The molecule has 5 heterocycles. The number of thiocarbonyl (C=S) groups is 3. The molecule has 104 heavy (non-hydrogen) atoms. The number of ether oxygens (including phenoxy) is 8. The van der Waals surface area contributed by atoms with Crippen molar-refractivity contribution < 1.29 is 56.7 Å². The van der Waals surface area contributed by atoms with Crippen LogP contribution in [0.3, 0.4) is 0 Å². The Hall–Kier alpha value is -10.3. The molecule has 0 spiro atoms. The number of hydrogen-bond acceptors (Lipinski definition) is 19. The van der Waals surface area contributed by atoms with Gasteiger partial charge in [-0.15, -0.1) is 11.3 Å². The molecule has 0 radical (unpaired) electrons. The molecule has 4 aliphatic rings. The summed E-state index contributed by atoms with van der Waals surface area (Å²) >= 11 is 21.3. The van der Waals surface area contributed by atoms with E-state index in [1.807, 2.05) is 177 Å². The Morgan fingerprint density at radius 1 is 0.548 bits per heavy atom. The van der Waals surface area contributed by atoms with Crippen molar-refractivity contribution in [3.8, 4) is 46.0 Å². The van der Waals surface area contributed by atoms with Crippen LogP contribution in [0.15, 0.2) is 233 Å². The molecule has 1 N–H and O–H groups in total. The monoisotopic (exact) mass is 1520 g/mol. The van der Waals surface area contributed by atoms with E-state index in [2.05, 4.69) is 30.8 Å². The molecule has 24 heteroatoms. The average molecular weight is 1520 g/mol. The largest absolute Gasteiger partial charge is 0.497 e. The Labute approximate surface area is 634 Å². The summed E-state index contributed by atoms with van der Waals surface area (Å²) in [5.41, 5.74) is 6.58. The van der Waals surface area contributed by atoms with E-state index in [-0.39, 0.29) is 23.3 Å². The number of nitrogens with zero attached hydrogens (tertiary/aromatic N) is 3. The quantitative estimate of drug-likeness (QED) is 0.0278. The minimum Gasteiger partial charge on any atom is -0.497 e. The van der Waals surface area contributed by atoms with Gasteiger partial charge in [0.2, 0.25) is 0 Å². The maximum absolute atomic E-state index is 13.4. The lowest BCUT2D eigenvalue weighted by molar-refractivity contribution is -0.122. The Kier molecular flexibility index (Phi) is 27.7. The average Bonchev–Trinajstić information content (AvgIpc) is 1.65. The summed E-state index contributed by atoms with van der Waals surface area (Å²) in [6.45, 7) is 16.3. The smallest absolute Gasteiger partial charge is 0.270 e. The molecular formula is C80H69FN4O12S7. The summed E-state index contributed by atoms with van der Waals surface area (Å²) in [7, 11) is 3.19. The summed E-state index contributed by atoms with van der Waals surface area (Å²) in [5.74, 6) is 4.97. The van der Waals surface area contributed by atoms with Crippen LogP contribution in [-0.4, -0.2) is 94.4 Å². The first-order valence-electron chi connectivity index (χ1n) is 32.3. The third kappa shape index (κ3) is 20.5. The number of thioether (sulfide) groups is 3. The van der Waals surface area contributed by atoms with Gasteiger partial charge in [0, 0.05) is 23.6 Å². The molecule has 0 aliphatic carbocycles. The number of rotatable bonds is 23. The Morgan fingerprint density at radius 3 is 1.77 bits per heavy atom. The van der Waals surface area contributed by atoms with Crippen molar-refractivity contribution in [2.75, 3.05) is 63.7 Å². The Bertz CT molecular complexity index is 4930. The molecule has 530 valence electrons. The molecular weight excluding hydrogens is 1450 g/mol. The van der Waals surface area contributed by atoms with Gasteiger partial charge in [-0.3, -0.25) is 33.9 Å². The molecule has 0 atom stereocenters. The van der Waals surface area contributed by atoms with E-state index in [1.54, 1.807) is 55.5 Å². The number of thiazole rings is 1. The first-order chi connectivity index (χ1) is 50.5. The van der Waals surface area contributed by atoms with Gasteiger partial charge in [-0.05, 0) is 144 Å². The lowest BCUT2D eigenvalue weighted by Gasteiger charge is -2.18. The first kappa shape index (κ1) is 76.3. The van der Waals surface area contributed by atoms with Crippen molar-refractivity contribution in [2.24, 2.45) is 0 Å². The van der Waals surface area contributed by atoms with Gasteiger partial charge in [0.1, 0.15) is 82.6 Å². The van der Waals surface area contributed by atoms with Gasteiger partial charge >= 0.3 is 0 Å². The number of H-pyrrole nitrogens is 1. The number of fused-ring (bicyclic) bond motifs is 1. The second-order valence-electron chi connectivity index (χ2n) is 22.2. The molecule has 0 saturated carbocycles. The number of nitrogens with one attached hydrogen (secondary N) is 1. The third-order valence-electron chi connectivity index (χ3n) is 15.1. The second-order valence-corrected chi connectivity index (χ2v) is 28.4. The van der Waals surface area contributed by atoms with E-state index >= 15 is 0 Å². The van der Waals surface area contributed by atoms with E-state index < -0.39 is 5.82 Å². The van der Waals surface area contributed by atoms with Crippen molar-refractivity contribution in [1.82, 2.24) is 9.88 Å². The van der Waals surface area contributed by atoms with Gasteiger partial charge in [-0.2, -0.15) is 0 Å². The highest BCUT2D eigenvalue weighted by Crippen LogP contribution is 2.42. The number of para-hydroxylation sites is 4. The van der Waals surface area contributed by atoms with Gasteiger partial charge < -0.3 is 42.9 Å². The predicted octanol–water partition coefficient (Wildman–Crippen LogP) is 16.0. The number of aromatic nitrogens is 1. The second kappa shape index (κ2) is 37.7. The molecule has 0 unspecified atom stereocenters. The lowest BCUT2D eigenvalue weighted by atomic mass is 10.1. The molecule has 3 amide bonds. The van der Waals surface area contributed by atoms with Crippen LogP contribution in [0.1, 0.15) is 40.3 Å². The predicted molar refractivity (Wildman–Crippen MR) is 431 cm³/mol. The number of benzene rings is 8. The summed E-state index contributed by atoms with van der Waals surface area (Å²) in [5, 5.41) is 0. The molecule has 9 aromatic rings. The Balaban J connectivity index is 0.000000149. The highest BCUT2D eigenvalue weighted by atomic mass is 32.2. The van der Waals surface area contributed by atoms with Crippen LogP contribution < -0.4 is 62.4 Å². The van der Waals surface area contributed by atoms with Crippen LogP contribution in [0.2, 0.25) is 0 Å². The molecule has 13 rings (SSSR count). The van der Waals surface area contributed by atoms with E-state index in [0.717, 1.165) is 57.2 Å². The van der Waals surface area contributed by atoms with Crippen molar-refractivity contribution >= 4 is 156 Å². The summed E-state index contributed by atoms with van der Waals surface area (Å²) in [6.07, 6.45) is 11.5. The molecule has 16 nitrogen and oxygen atoms in total. The number of methoxy groups -OCH3 is 2. The normalized spacial score (nSPS) is 15.0. The highest BCUT2D eigenvalue weighted by Gasteiger charge is 2.36. The summed E-state index contributed by atoms with van der Waals surface area (Å²) in [4.78, 5) is 59.1. The van der Waals surface area contributed by atoms with Crippen LogP contribution >= 0.6 is 83.3 Å². The third-order valence-corrected chi connectivity index (χ3v) is 20.0. The minimum absolute atomic E-state index is 0.103. The van der Waals surface area contributed by atoms with Gasteiger partial charge in [0.25, 0.3) is 23.3 Å². The van der Waals surface area contributed by atoms with Crippen LogP contribution in [0, 0.1) is 5.82 Å². The van der Waals surface area contributed by atoms with Gasteiger partial charge in [0.05, 0.1) is 69.3 Å². The molecule has 3 saturated heterocycles. The minimum atomic E-state index is -0.411. The number of halogens is 1. The number of amides is 3. The maximum Gasteiger partial charge on any atom is 0.270 e. The molecule has 0 bridgehead atoms. The topological polar surface area (TPSA) is 168 Å². The molecule has 1 aromatic heterocycles. The zero-order chi connectivity index (χ0) is 73.5. The fraction of sp³-hybridized carbons (Fsp3) is 0.138. The first-order valence-corrected chi connectivity index (χ1v) is 36.7. The number of aromatic amines is 1. The highest BCUT2D eigenvalue weighted by molar-refractivity contribution is 8.28. The Morgan fingerprint density at radius 2 is 1.13 bits per heavy atom. The fourth-order valence-electron chi connectivity index (χ4n) is 10.2. The number of carbonyl (C=O) groups is 3. The zero-order valence-corrected chi connectivity index (χ0v) is 62.3. The molecule has 8 aromatic carbocycles. The van der Waals surface area contributed by atoms with E-state index in [4.69, 9.17) is 74.5 Å². The van der Waals surface area contributed by atoms with Gasteiger partial charge in [0.15, 0.2) is 8.64 Å². The van der Waals surface area contributed by atoms with Crippen molar-refractivity contribution in [3.63, 3.8) is 0 Å². The standard InChI is InChI=1S/C21H19NO4S2.C21H19NO3S2.C19H14FNO2S2.C19H17NO3S/c1-24-16-6-5-15(17(11-16)25-2)10-19-20(23)22(21(27)28-19)12-13-3-4-14-7-8-26-18(14)9-13;1-3-13-25-16-11-9-15(10-12-16)14-19-20(23)22(21(26)27-19)17-7-5-6-8-18(17)24-4-2;1-2-10-23-16-8-6-13(7-9-16)11-17-18(22)21(19(24)25-17)15-5-3-4-14(20)12-15;1-14-20-19(21)18(24-14)13-15-7-5-6-10-17(15)23-12-11-22-16-8-3-2-4-9-16/h3-6,9-11H,7-8,12H2,1-2H3;3,5-12,14H,1,4,13H2,2H3;2-9,11-12H,1,10H2;2-10,13H,1,11-12H2,(H,20,21). The van der Waals surface area contributed by atoms with Crippen molar-refractivity contribution in [1.29, 1.82) is 0 Å². The van der Waals surface area contributed by atoms with Crippen LogP contribution in [0.5, 0.6) is 46.0 Å². The van der Waals surface area contributed by atoms with E-state index in [1.165, 1.54) is 74.1 Å². The number of anilines is 2. The maximum atomic E-state index is 13.4.